The standard InChI is InChI=1S/C14H24ClN3O2S/c1-12-6-3-4-7-14(12)17(2)21(19,20)13-10-16-18(11-13)9-5-8-15/h10-12,14H,3-9H2,1-2H3. The summed E-state index contributed by atoms with van der Waals surface area (Å²) in [5.74, 6) is 0.950. The Bertz CT molecular complexity index is 558. The Hall–Kier alpha value is -0.590. The third kappa shape index (κ3) is 3.79. The van der Waals surface area contributed by atoms with E-state index in [2.05, 4.69) is 12.0 Å². The van der Waals surface area contributed by atoms with Gasteiger partial charge in [0.05, 0.1) is 6.20 Å². The van der Waals surface area contributed by atoms with Crippen LogP contribution in [0.2, 0.25) is 0 Å². The number of nitrogens with zero attached hydrogens (tertiary/aromatic N) is 3. The highest BCUT2D eigenvalue weighted by Crippen LogP contribution is 2.30. The first-order chi connectivity index (χ1) is 9.96. The third-order valence-electron chi connectivity index (χ3n) is 4.34. The maximum atomic E-state index is 12.7. The SMILES string of the molecule is CC1CCCCC1N(C)S(=O)(=O)c1cnn(CCCCl)c1. The molecule has 1 aromatic heterocycles. The number of hydrogen-bond acceptors (Lipinski definition) is 3. The molecule has 1 fully saturated rings. The van der Waals surface area contributed by atoms with Gasteiger partial charge in [-0.05, 0) is 25.2 Å². The van der Waals surface area contributed by atoms with E-state index in [4.69, 9.17) is 11.6 Å². The molecule has 0 spiro atoms. The van der Waals surface area contributed by atoms with Crippen molar-refractivity contribution in [1.29, 1.82) is 0 Å². The molecule has 1 heterocycles. The van der Waals surface area contributed by atoms with Crippen molar-refractivity contribution in [1.82, 2.24) is 14.1 Å². The van der Waals surface area contributed by atoms with E-state index in [1.54, 1.807) is 22.2 Å². The van der Waals surface area contributed by atoms with Gasteiger partial charge < -0.3 is 0 Å². The van der Waals surface area contributed by atoms with Gasteiger partial charge in [0.15, 0.2) is 0 Å². The van der Waals surface area contributed by atoms with Crippen molar-refractivity contribution in [3.05, 3.63) is 12.4 Å². The maximum absolute atomic E-state index is 12.7. The summed E-state index contributed by atoms with van der Waals surface area (Å²) in [6.45, 7) is 2.78. The van der Waals surface area contributed by atoms with E-state index < -0.39 is 10.0 Å². The minimum absolute atomic E-state index is 0.0925. The second-order valence-corrected chi connectivity index (χ2v) is 8.21. The normalized spacial score (nSPS) is 23.6. The minimum Gasteiger partial charge on any atom is -0.271 e. The van der Waals surface area contributed by atoms with Crippen LogP contribution in [0.25, 0.3) is 0 Å². The smallest absolute Gasteiger partial charge is 0.246 e. The molecule has 0 amide bonds. The van der Waals surface area contributed by atoms with Crippen LogP contribution < -0.4 is 0 Å². The van der Waals surface area contributed by atoms with Gasteiger partial charge in [0, 0.05) is 31.7 Å². The highest BCUT2D eigenvalue weighted by molar-refractivity contribution is 7.89. The van der Waals surface area contributed by atoms with Crippen LogP contribution in [0.1, 0.15) is 39.0 Å². The Labute approximate surface area is 132 Å². The summed E-state index contributed by atoms with van der Waals surface area (Å²) in [5, 5.41) is 4.12. The summed E-state index contributed by atoms with van der Waals surface area (Å²) in [7, 11) is -1.77. The van der Waals surface area contributed by atoms with E-state index in [-0.39, 0.29) is 10.9 Å². The van der Waals surface area contributed by atoms with Crippen molar-refractivity contribution < 1.29 is 8.42 Å². The van der Waals surface area contributed by atoms with Crippen LogP contribution in [0.5, 0.6) is 0 Å². The number of alkyl halides is 1. The third-order valence-corrected chi connectivity index (χ3v) is 6.44. The van der Waals surface area contributed by atoms with Gasteiger partial charge in [-0.15, -0.1) is 11.6 Å². The summed E-state index contributed by atoms with van der Waals surface area (Å²) >= 11 is 5.65. The molecule has 1 aliphatic carbocycles. The first kappa shape index (κ1) is 16.8. The zero-order valence-electron chi connectivity index (χ0n) is 12.7. The van der Waals surface area contributed by atoms with Gasteiger partial charge in [0.25, 0.3) is 0 Å². The predicted octanol–water partition coefficient (Wildman–Crippen LogP) is 2.71. The summed E-state index contributed by atoms with van der Waals surface area (Å²) in [5.41, 5.74) is 0. The molecule has 7 heteroatoms. The molecule has 5 nitrogen and oxygen atoms in total. The fraction of sp³-hybridized carbons (Fsp3) is 0.786. The lowest BCUT2D eigenvalue weighted by Gasteiger charge is -2.35. The monoisotopic (exact) mass is 333 g/mol. The lowest BCUT2D eigenvalue weighted by Crippen LogP contribution is -2.42. The first-order valence-corrected chi connectivity index (χ1v) is 9.50. The van der Waals surface area contributed by atoms with Crippen LogP contribution in [0.3, 0.4) is 0 Å². The molecular formula is C14H24ClN3O2S. The average molecular weight is 334 g/mol. The van der Waals surface area contributed by atoms with Crippen molar-refractivity contribution in [2.75, 3.05) is 12.9 Å². The molecule has 0 radical (unpaired) electrons. The lowest BCUT2D eigenvalue weighted by atomic mass is 9.86. The van der Waals surface area contributed by atoms with Crippen LogP contribution in [0, 0.1) is 5.92 Å². The van der Waals surface area contributed by atoms with E-state index in [0.29, 0.717) is 18.3 Å². The average Bonchev–Trinajstić information content (AvgIpc) is 2.94. The Morgan fingerprint density at radius 1 is 1.43 bits per heavy atom. The fourth-order valence-corrected chi connectivity index (χ4v) is 4.56. The van der Waals surface area contributed by atoms with E-state index in [0.717, 1.165) is 25.7 Å². The second-order valence-electron chi connectivity index (χ2n) is 5.83. The van der Waals surface area contributed by atoms with Gasteiger partial charge in [0.2, 0.25) is 10.0 Å². The lowest BCUT2D eigenvalue weighted by molar-refractivity contribution is 0.213. The zero-order chi connectivity index (χ0) is 15.5. The van der Waals surface area contributed by atoms with Crippen LogP contribution >= 0.6 is 11.6 Å². The van der Waals surface area contributed by atoms with Crippen molar-refractivity contribution >= 4 is 21.6 Å². The molecule has 0 saturated heterocycles. The van der Waals surface area contributed by atoms with Gasteiger partial charge in [-0.2, -0.15) is 9.40 Å². The van der Waals surface area contributed by atoms with Gasteiger partial charge in [-0.1, -0.05) is 19.8 Å². The number of aromatic nitrogens is 2. The first-order valence-electron chi connectivity index (χ1n) is 7.53. The molecule has 1 saturated carbocycles. The van der Waals surface area contributed by atoms with Gasteiger partial charge in [0.1, 0.15) is 4.90 Å². The largest absolute Gasteiger partial charge is 0.271 e. The summed E-state index contributed by atoms with van der Waals surface area (Å²) in [6, 6.07) is 0.0925. The molecule has 0 aromatic carbocycles. The number of rotatable bonds is 6. The van der Waals surface area contributed by atoms with Crippen molar-refractivity contribution in [2.24, 2.45) is 5.92 Å². The summed E-state index contributed by atoms with van der Waals surface area (Å²) in [6.07, 6.45) is 8.15. The number of aryl methyl sites for hydroxylation is 1. The molecule has 1 aromatic rings. The molecule has 21 heavy (non-hydrogen) atoms. The van der Waals surface area contributed by atoms with Crippen molar-refractivity contribution in [3.63, 3.8) is 0 Å². The van der Waals surface area contributed by atoms with Crippen LogP contribution in [-0.4, -0.2) is 41.5 Å². The van der Waals surface area contributed by atoms with E-state index in [1.807, 2.05) is 0 Å². The summed E-state index contributed by atoms with van der Waals surface area (Å²) < 4.78 is 28.6. The Morgan fingerprint density at radius 2 is 2.14 bits per heavy atom. The Kier molecular flexibility index (Phi) is 5.68. The van der Waals surface area contributed by atoms with E-state index >= 15 is 0 Å². The van der Waals surface area contributed by atoms with E-state index in [1.165, 1.54) is 12.6 Å². The molecule has 1 aliphatic rings. The van der Waals surface area contributed by atoms with Crippen LogP contribution in [0.4, 0.5) is 0 Å². The Balaban J connectivity index is 2.14. The van der Waals surface area contributed by atoms with Crippen LogP contribution in [-0.2, 0) is 16.6 Å². The Morgan fingerprint density at radius 3 is 2.81 bits per heavy atom. The molecule has 2 unspecified atom stereocenters. The molecular weight excluding hydrogens is 310 g/mol. The number of halogens is 1. The molecule has 2 rings (SSSR count). The summed E-state index contributed by atoms with van der Waals surface area (Å²) in [4.78, 5) is 0.275. The maximum Gasteiger partial charge on any atom is 0.246 e. The highest BCUT2D eigenvalue weighted by atomic mass is 35.5. The van der Waals surface area contributed by atoms with Gasteiger partial charge in [-0.25, -0.2) is 8.42 Å². The van der Waals surface area contributed by atoms with Crippen molar-refractivity contribution in [3.8, 4) is 0 Å². The number of hydrogen-bond donors (Lipinski definition) is 0. The minimum atomic E-state index is -3.46. The second kappa shape index (κ2) is 7.11. The quantitative estimate of drug-likeness (QED) is 0.752. The molecule has 2 atom stereocenters. The molecule has 0 N–H and O–H groups in total. The van der Waals surface area contributed by atoms with Gasteiger partial charge in [-0.3, -0.25) is 4.68 Å². The molecule has 0 aliphatic heterocycles. The number of sulfonamides is 1. The predicted molar refractivity (Wildman–Crippen MR) is 83.9 cm³/mol. The molecule has 0 bridgehead atoms. The zero-order valence-corrected chi connectivity index (χ0v) is 14.3. The molecule has 120 valence electrons. The van der Waals surface area contributed by atoms with E-state index in [9.17, 15) is 8.42 Å². The van der Waals surface area contributed by atoms with Crippen molar-refractivity contribution in [2.45, 2.75) is 56.5 Å². The topological polar surface area (TPSA) is 55.2 Å². The fourth-order valence-electron chi connectivity index (χ4n) is 3.00. The van der Waals surface area contributed by atoms with Gasteiger partial charge >= 0.3 is 0 Å². The highest BCUT2D eigenvalue weighted by Gasteiger charge is 2.33. The van der Waals surface area contributed by atoms with Crippen LogP contribution in [0.15, 0.2) is 17.3 Å².